The third-order valence-electron chi connectivity index (χ3n) is 6.89. The van der Waals surface area contributed by atoms with Crippen LogP contribution in [-0.2, 0) is 17.7 Å². The highest BCUT2D eigenvalue weighted by Crippen LogP contribution is 2.35. The highest BCUT2D eigenvalue weighted by molar-refractivity contribution is 5.98. The number of nitrogens with one attached hydrogen (secondary N) is 2. The maximum absolute atomic E-state index is 9.94. The molecule has 3 N–H and O–H groups in total. The van der Waals surface area contributed by atoms with Gasteiger partial charge in [-0.05, 0) is 49.8 Å². The van der Waals surface area contributed by atoms with Gasteiger partial charge in [-0.1, -0.05) is 19.4 Å². The molecule has 3 aromatic rings. The van der Waals surface area contributed by atoms with E-state index in [4.69, 9.17) is 14.7 Å². The van der Waals surface area contributed by atoms with E-state index < -0.39 is 0 Å². The number of nitrogens with zero attached hydrogens (tertiary/aromatic N) is 3. The van der Waals surface area contributed by atoms with Crippen LogP contribution in [0.4, 0.5) is 5.69 Å². The van der Waals surface area contributed by atoms with Crippen molar-refractivity contribution in [2.24, 2.45) is 0 Å². The van der Waals surface area contributed by atoms with Crippen molar-refractivity contribution in [1.29, 1.82) is 0 Å². The summed E-state index contributed by atoms with van der Waals surface area (Å²) in [5.41, 5.74) is 6.43. The van der Waals surface area contributed by atoms with Crippen molar-refractivity contribution in [2.75, 3.05) is 31.6 Å². The molecule has 3 aromatic heterocycles. The van der Waals surface area contributed by atoms with E-state index in [1.807, 2.05) is 12.4 Å². The lowest BCUT2D eigenvalue weighted by Crippen LogP contribution is -2.35. The zero-order valence-electron chi connectivity index (χ0n) is 19.5. The van der Waals surface area contributed by atoms with Crippen LogP contribution in [0.1, 0.15) is 50.3 Å². The summed E-state index contributed by atoms with van der Waals surface area (Å²) in [6, 6.07) is 6.89. The molecule has 0 amide bonds. The Morgan fingerprint density at radius 3 is 2.67 bits per heavy atom. The number of hydrogen-bond donors (Lipinski definition) is 3. The molecule has 5 rings (SSSR count). The van der Waals surface area contributed by atoms with Gasteiger partial charge in [0.15, 0.2) is 0 Å². The van der Waals surface area contributed by atoms with Crippen molar-refractivity contribution in [3.05, 3.63) is 41.9 Å². The van der Waals surface area contributed by atoms with Crippen LogP contribution in [-0.4, -0.2) is 63.4 Å². The molecule has 7 nitrogen and oxygen atoms in total. The number of anilines is 1. The Kier molecular flexibility index (Phi) is 6.90. The summed E-state index contributed by atoms with van der Waals surface area (Å²) >= 11 is 0. The van der Waals surface area contributed by atoms with E-state index in [1.54, 1.807) is 0 Å². The van der Waals surface area contributed by atoms with E-state index >= 15 is 0 Å². The third-order valence-corrected chi connectivity index (χ3v) is 6.89. The summed E-state index contributed by atoms with van der Waals surface area (Å²) in [6.07, 6.45) is 9.53. The maximum Gasteiger partial charge on any atom is 0.139 e. The minimum Gasteiger partial charge on any atom is -0.393 e. The Morgan fingerprint density at radius 2 is 1.94 bits per heavy atom. The Morgan fingerprint density at radius 1 is 1.12 bits per heavy atom. The molecule has 2 aliphatic rings. The highest BCUT2D eigenvalue weighted by atomic mass is 16.5. The number of aromatic nitrogens is 3. The van der Waals surface area contributed by atoms with Gasteiger partial charge in [0.25, 0.3) is 0 Å². The Bertz CT molecular complexity index is 1050. The van der Waals surface area contributed by atoms with Gasteiger partial charge in [-0.25, -0.2) is 4.98 Å². The second-order valence-electron chi connectivity index (χ2n) is 9.44. The summed E-state index contributed by atoms with van der Waals surface area (Å²) in [4.78, 5) is 15.5. The number of aliphatic hydroxyl groups excluding tert-OH is 1. The molecule has 0 spiro atoms. The van der Waals surface area contributed by atoms with Crippen LogP contribution in [0, 0.1) is 0 Å². The van der Waals surface area contributed by atoms with Crippen molar-refractivity contribution < 1.29 is 9.84 Å². The quantitative estimate of drug-likeness (QED) is 0.503. The van der Waals surface area contributed by atoms with Crippen LogP contribution in [0.3, 0.4) is 0 Å². The highest BCUT2D eigenvalue weighted by Gasteiger charge is 2.22. The van der Waals surface area contributed by atoms with E-state index in [0.29, 0.717) is 6.04 Å². The van der Waals surface area contributed by atoms with Crippen LogP contribution in [0.2, 0.25) is 0 Å². The number of aryl methyl sites for hydroxylation is 1. The predicted molar refractivity (Wildman–Crippen MR) is 131 cm³/mol. The van der Waals surface area contributed by atoms with Crippen LogP contribution >= 0.6 is 0 Å². The van der Waals surface area contributed by atoms with Crippen molar-refractivity contribution in [1.82, 2.24) is 19.9 Å². The molecule has 0 bridgehead atoms. The number of H-pyrrole nitrogens is 1. The molecule has 1 aliphatic carbocycles. The zero-order chi connectivity index (χ0) is 22.6. The minimum absolute atomic E-state index is 0.163. The van der Waals surface area contributed by atoms with Gasteiger partial charge in [-0.2, -0.15) is 0 Å². The maximum atomic E-state index is 9.94. The van der Waals surface area contributed by atoms with Gasteiger partial charge < -0.3 is 20.1 Å². The lowest BCUT2D eigenvalue weighted by molar-refractivity contribution is 0.0341. The fourth-order valence-electron chi connectivity index (χ4n) is 5.00. The number of hydrogen-bond acceptors (Lipinski definition) is 6. The Labute approximate surface area is 195 Å². The molecule has 0 unspecified atom stereocenters. The van der Waals surface area contributed by atoms with E-state index in [0.717, 1.165) is 99.4 Å². The number of fused-ring (bicyclic) bond motifs is 1. The molecule has 7 heteroatoms. The molecule has 0 aromatic carbocycles. The monoisotopic (exact) mass is 449 g/mol. The molecular weight excluding hydrogens is 414 g/mol. The number of pyridine rings is 2. The molecule has 1 aliphatic heterocycles. The molecule has 33 heavy (non-hydrogen) atoms. The molecule has 1 saturated heterocycles. The largest absolute Gasteiger partial charge is 0.393 e. The number of rotatable bonds is 7. The van der Waals surface area contributed by atoms with Gasteiger partial charge in [0, 0.05) is 54.7 Å². The summed E-state index contributed by atoms with van der Waals surface area (Å²) < 4.78 is 5.46. The summed E-state index contributed by atoms with van der Waals surface area (Å²) in [5, 5.41) is 14.9. The normalized spacial score (nSPS) is 22.0. The van der Waals surface area contributed by atoms with Gasteiger partial charge in [0.05, 0.1) is 30.7 Å². The number of ether oxygens (including phenoxy) is 1. The molecule has 1 saturated carbocycles. The molecule has 0 atom stereocenters. The minimum atomic E-state index is -0.163. The molecular formula is C26H35N5O2. The van der Waals surface area contributed by atoms with Crippen LogP contribution in [0.15, 0.2) is 30.6 Å². The third kappa shape index (κ3) is 5.21. The zero-order valence-corrected chi connectivity index (χ0v) is 19.5. The second kappa shape index (κ2) is 10.2. The fourth-order valence-corrected chi connectivity index (χ4v) is 5.00. The first-order chi connectivity index (χ1) is 16.2. The van der Waals surface area contributed by atoms with Crippen molar-refractivity contribution in [3.8, 4) is 11.3 Å². The van der Waals surface area contributed by atoms with Crippen molar-refractivity contribution in [3.63, 3.8) is 0 Å². The van der Waals surface area contributed by atoms with Gasteiger partial charge in [-0.15, -0.1) is 0 Å². The summed E-state index contributed by atoms with van der Waals surface area (Å²) in [5.74, 6) is 0. The lowest BCUT2D eigenvalue weighted by atomic mass is 9.92. The van der Waals surface area contributed by atoms with Gasteiger partial charge in [-0.3, -0.25) is 9.88 Å². The summed E-state index contributed by atoms with van der Waals surface area (Å²) in [7, 11) is 0. The first-order valence-electron chi connectivity index (χ1n) is 12.4. The molecule has 176 valence electrons. The van der Waals surface area contributed by atoms with E-state index in [-0.39, 0.29) is 6.10 Å². The Balaban J connectivity index is 1.44. The van der Waals surface area contributed by atoms with Crippen LogP contribution < -0.4 is 5.32 Å². The fraction of sp³-hybridized carbons (Fsp3) is 0.538. The smallest absolute Gasteiger partial charge is 0.139 e. The predicted octanol–water partition coefficient (Wildman–Crippen LogP) is 4.13. The first kappa shape index (κ1) is 22.3. The first-order valence-corrected chi connectivity index (χ1v) is 12.4. The molecule has 4 heterocycles. The SMILES string of the molecule is CCCc1cc2c(NC3CCC(O)CC3)c(-c3ccc(CN4CCOCC4)cn3)cnc2[nH]1. The standard InChI is InChI=1S/C26H35N5O2/c1-2-3-20-14-22-25(29-19-5-7-21(32)8-6-19)23(16-28-26(22)30-20)24-9-4-18(15-27-24)17-31-10-12-33-13-11-31/h4,9,14-16,19,21,32H,2-3,5-8,10-13,17H2,1H3,(H2,28,29,30). The van der Waals surface area contributed by atoms with Gasteiger partial charge >= 0.3 is 0 Å². The van der Waals surface area contributed by atoms with Crippen molar-refractivity contribution >= 4 is 16.7 Å². The summed E-state index contributed by atoms with van der Waals surface area (Å²) in [6.45, 7) is 6.66. The molecule has 0 radical (unpaired) electrons. The topological polar surface area (TPSA) is 86.3 Å². The van der Waals surface area contributed by atoms with E-state index in [1.165, 1.54) is 11.3 Å². The number of morpholine rings is 1. The average Bonchev–Trinajstić information content (AvgIpc) is 3.25. The number of aliphatic hydroxyl groups is 1. The van der Waals surface area contributed by atoms with Gasteiger partial charge in [0.2, 0.25) is 0 Å². The van der Waals surface area contributed by atoms with Crippen LogP contribution in [0.5, 0.6) is 0 Å². The van der Waals surface area contributed by atoms with Crippen molar-refractivity contribution in [2.45, 2.75) is 64.1 Å². The Hall–Kier alpha value is -2.48. The second-order valence-corrected chi connectivity index (χ2v) is 9.44. The van der Waals surface area contributed by atoms with Crippen LogP contribution in [0.25, 0.3) is 22.3 Å². The molecule has 2 fully saturated rings. The van der Waals surface area contributed by atoms with Gasteiger partial charge in [0.1, 0.15) is 5.65 Å². The van der Waals surface area contributed by atoms with E-state index in [2.05, 4.69) is 40.3 Å². The lowest BCUT2D eigenvalue weighted by Gasteiger charge is -2.28. The average molecular weight is 450 g/mol. The number of aromatic amines is 1. The van der Waals surface area contributed by atoms with E-state index in [9.17, 15) is 5.11 Å².